The molecule has 0 aromatic carbocycles. The zero-order chi connectivity index (χ0) is 24.9. The number of anilines is 2. The summed E-state index contributed by atoms with van der Waals surface area (Å²) in [6, 6.07) is 3.84. The molecule has 5 rings (SSSR count). The van der Waals surface area contributed by atoms with E-state index in [9.17, 15) is 13.6 Å². The number of likely N-dealkylation sites (N-methyl/N-ethyl adjacent to an activating group) is 1. The normalized spacial score (nSPS) is 20.9. The summed E-state index contributed by atoms with van der Waals surface area (Å²) >= 11 is 0. The number of hydrogen-bond acceptors (Lipinski definition) is 7. The van der Waals surface area contributed by atoms with E-state index in [-0.39, 0.29) is 11.7 Å². The molecule has 5 heterocycles. The molecule has 3 aromatic heterocycles. The molecule has 3 aromatic rings. The van der Waals surface area contributed by atoms with Gasteiger partial charge in [0.1, 0.15) is 5.82 Å². The van der Waals surface area contributed by atoms with Gasteiger partial charge in [0, 0.05) is 57.0 Å². The lowest BCUT2D eigenvalue weighted by Gasteiger charge is -2.33. The molecule has 2 aliphatic heterocycles. The lowest BCUT2D eigenvalue weighted by atomic mass is 9.93. The molecule has 1 unspecified atom stereocenters. The minimum absolute atomic E-state index is 0.252. The van der Waals surface area contributed by atoms with Crippen LogP contribution in [0.15, 0.2) is 18.3 Å². The minimum Gasteiger partial charge on any atom is -0.353 e. The molecule has 186 valence electrons. The highest BCUT2D eigenvalue weighted by Gasteiger charge is 2.39. The van der Waals surface area contributed by atoms with Gasteiger partial charge in [-0.2, -0.15) is 8.78 Å². The van der Waals surface area contributed by atoms with E-state index in [4.69, 9.17) is 5.10 Å². The fourth-order valence-electron chi connectivity index (χ4n) is 5.20. The first kappa shape index (κ1) is 23.5. The van der Waals surface area contributed by atoms with E-state index in [2.05, 4.69) is 37.1 Å². The molecule has 0 bridgehead atoms. The van der Waals surface area contributed by atoms with Gasteiger partial charge < -0.3 is 15.1 Å². The van der Waals surface area contributed by atoms with Crippen LogP contribution >= 0.6 is 0 Å². The van der Waals surface area contributed by atoms with Gasteiger partial charge in [0.2, 0.25) is 11.7 Å². The average Bonchev–Trinajstić information content (AvgIpc) is 3.40. The van der Waals surface area contributed by atoms with Gasteiger partial charge in [-0.25, -0.2) is 19.6 Å². The van der Waals surface area contributed by atoms with Crippen LogP contribution in [0.3, 0.4) is 0 Å². The van der Waals surface area contributed by atoms with Crippen LogP contribution in [0.1, 0.15) is 45.1 Å². The number of nitrogens with one attached hydrogen (secondary N) is 1. The number of rotatable bonds is 5. The van der Waals surface area contributed by atoms with Crippen LogP contribution in [0.2, 0.25) is 0 Å². The SMILES string of the molecule is CCc1cc(-n2nc(N3CC4CCCN(C)[C@H]4C3)c3cnc(NC(C)=O)cc32)nc(C(C)(F)F)n1. The monoisotopic (exact) mass is 484 g/mol. The van der Waals surface area contributed by atoms with E-state index in [1.54, 1.807) is 23.0 Å². The Hall–Kier alpha value is -3.21. The van der Waals surface area contributed by atoms with E-state index >= 15 is 0 Å². The second-order valence-corrected chi connectivity index (χ2v) is 9.64. The summed E-state index contributed by atoms with van der Waals surface area (Å²) in [6.45, 7) is 6.85. The summed E-state index contributed by atoms with van der Waals surface area (Å²) in [5, 5.41) is 8.35. The third kappa shape index (κ3) is 4.44. The van der Waals surface area contributed by atoms with Crippen molar-refractivity contribution in [3.8, 4) is 5.82 Å². The summed E-state index contributed by atoms with van der Waals surface area (Å²) in [6.07, 6.45) is 4.51. The number of fused-ring (bicyclic) bond motifs is 2. The molecule has 11 heteroatoms. The van der Waals surface area contributed by atoms with Crippen molar-refractivity contribution in [2.75, 3.05) is 36.9 Å². The number of pyridine rings is 1. The minimum atomic E-state index is -3.19. The van der Waals surface area contributed by atoms with Crippen LogP contribution in [-0.2, 0) is 17.1 Å². The highest BCUT2D eigenvalue weighted by molar-refractivity contribution is 5.95. The molecule has 0 radical (unpaired) electrons. The van der Waals surface area contributed by atoms with Gasteiger partial charge in [-0.05, 0) is 38.8 Å². The van der Waals surface area contributed by atoms with E-state index in [1.807, 2.05) is 6.92 Å². The van der Waals surface area contributed by atoms with Crippen LogP contribution < -0.4 is 10.2 Å². The van der Waals surface area contributed by atoms with Gasteiger partial charge in [0.15, 0.2) is 11.6 Å². The molecule has 1 N–H and O–H groups in total. The van der Waals surface area contributed by atoms with E-state index in [0.717, 1.165) is 37.8 Å². The standard InChI is InChI=1S/C24H30F2N8O/c1-5-16-9-21(30-23(29-16)24(3,25)26)34-18-10-20(28-14(2)35)27-11-17(18)22(31-34)33-12-15-7-6-8-32(4)19(15)13-33/h9-11,15,19H,5-8,12-13H2,1-4H3,(H,27,28,35)/t15?,19-/m0/s1. The maximum absolute atomic E-state index is 14.2. The van der Waals surface area contributed by atoms with Crippen molar-refractivity contribution in [3.63, 3.8) is 0 Å². The number of nitrogens with zero attached hydrogens (tertiary/aromatic N) is 7. The number of carbonyl (C=O) groups is 1. The molecule has 2 atom stereocenters. The number of likely N-dealkylation sites (tertiary alicyclic amines) is 1. The molecule has 1 amide bonds. The summed E-state index contributed by atoms with van der Waals surface area (Å²) in [7, 11) is 2.16. The first-order valence-electron chi connectivity index (χ1n) is 12.0. The smallest absolute Gasteiger partial charge is 0.303 e. The van der Waals surface area contributed by atoms with Crippen molar-refractivity contribution in [2.45, 2.75) is 52.0 Å². The third-order valence-electron chi connectivity index (χ3n) is 6.95. The highest BCUT2D eigenvalue weighted by atomic mass is 19.3. The van der Waals surface area contributed by atoms with E-state index in [0.29, 0.717) is 35.4 Å². The summed E-state index contributed by atoms with van der Waals surface area (Å²) in [4.78, 5) is 28.9. The summed E-state index contributed by atoms with van der Waals surface area (Å²) in [5.41, 5.74) is 1.13. The van der Waals surface area contributed by atoms with E-state index < -0.39 is 11.7 Å². The Morgan fingerprint density at radius 1 is 1.26 bits per heavy atom. The quantitative estimate of drug-likeness (QED) is 0.594. The predicted molar refractivity (Wildman–Crippen MR) is 129 cm³/mol. The number of alkyl halides is 2. The van der Waals surface area contributed by atoms with Crippen molar-refractivity contribution in [3.05, 3.63) is 29.8 Å². The van der Waals surface area contributed by atoms with Crippen molar-refractivity contribution in [2.24, 2.45) is 5.92 Å². The van der Waals surface area contributed by atoms with Crippen molar-refractivity contribution >= 4 is 28.4 Å². The average molecular weight is 485 g/mol. The molecule has 2 fully saturated rings. The van der Waals surface area contributed by atoms with Crippen LogP contribution in [-0.4, -0.2) is 68.3 Å². The van der Waals surface area contributed by atoms with Crippen molar-refractivity contribution in [1.82, 2.24) is 29.6 Å². The predicted octanol–water partition coefficient (Wildman–Crippen LogP) is 3.37. The fourth-order valence-corrected chi connectivity index (χ4v) is 5.20. The molecule has 0 aliphatic carbocycles. The molecule has 9 nitrogen and oxygen atoms in total. The lowest BCUT2D eigenvalue weighted by molar-refractivity contribution is -0.114. The molecule has 0 saturated carbocycles. The highest BCUT2D eigenvalue weighted by Crippen LogP contribution is 2.36. The Bertz CT molecular complexity index is 1270. The zero-order valence-corrected chi connectivity index (χ0v) is 20.4. The fraction of sp³-hybridized carbons (Fsp3) is 0.542. The Balaban J connectivity index is 1.65. The first-order chi connectivity index (χ1) is 16.6. The maximum atomic E-state index is 14.2. The molecule has 35 heavy (non-hydrogen) atoms. The number of hydrogen-bond donors (Lipinski definition) is 1. The topological polar surface area (TPSA) is 92.1 Å². The number of aryl methyl sites for hydroxylation is 1. The van der Waals surface area contributed by atoms with Crippen LogP contribution in [0.5, 0.6) is 0 Å². The number of piperidine rings is 1. The number of aromatic nitrogens is 5. The number of amides is 1. The Morgan fingerprint density at radius 2 is 2.06 bits per heavy atom. The third-order valence-corrected chi connectivity index (χ3v) is 6.95. The number of carbonyl (C=O) groups excluding carboxylic acids is 1. The summed E-state index contributed by atoms with van der Waals surface area (Å²) in [5.74, 6) is -2.07. The number of halogens is 2. The molecular formula is C24H30F2N8O. The van der Waals surface area contributed by atoms with Gasteiger partial charge >= 0.3 is 5.92 Å². The van der Waals surface area contributed by atoms with Crippen LogP contribution in [0.4, 0.5) is 20.4 Å². The van der Waals surface area contributed by atoms with Crippen molar-refractivity contribution in [1.29, 1.82) is 0 Å². The van der Waals surface area contributed by atoms with Gasteiger partial charge in [0.25, 0.3) is 0 Å². The van der Waals surface area contributed by atoms with Gasteiger partial charge in [-0.15, -0.1) is 5.10 Å². The van der Waals surface area contributed by atoms with Gasteiger partial charge in [0.05, 0.1) is 10.9 Å². The molecular weight excluding hydrogens is 454 g/mol. The Labute approximate surface area is 202 Å². The van der Waals surface area contributed by atoms with Gasteiger partial charge in [-0.1, -0.05) is 6.92 Å². The van der Waals surface area contributed by atoms with Crippen LogP contribution in [0.25, 0.3) is 16.7 Å². The second-order valence-electron chi connectivity index (χ2n) is 9.64. The first-order valence-corrected chi connectivity index (χ1v) is 12.0. The Kier molecular flexibility index (Phi) is 5.90. The molecule has 0 spiro atoms. The Morgan fingerprint density at radius 3 is 2.74 bits per heavy atom. The summed E-state index contributed by atoms with van der Waals surface area (Å²) < 4.78 is 30.0. The second kappa shape index (κ2) is 8.78. The lowest BCUT2D eigenvalue weighted by Crippen LogP contribution is -2.42. The van der Waals surface area contributed by atoms with Crippen molar-refractivity contribution < 1.29 is 13.6 Å². The van der Waals surface area contributed by atoms with Gasteiger partial charge in [-0.3, -0.25) is 4.79 Å². The van der Waals surface area contributed by atoms with E-state index in [1.165, 1.54) is 19.8 Å². The zero-order valence-electron chi connectivity index (χ0n) is 20.4. The van der Waals surface area contributed by atoms with Crippen LogP contribution in [0, 0.1) is 5.92 Å². The largest absolute Gasteiger partial charge is 0.353 e. The maximum Gasteiger partial charge on any atom is 0.303 e. The molecule has 2 saturated heterocycles. The molecule has 2 aliphatic rings.